The Balaban J connectivity index is 1.45. The van der Waals surface area contributed by atoms with Crippen molar-refractivity contribution in [2.24, 2.45) is 0 Å². The van der Waals surface area contributed by atoms with Gasteiger partial charge in [0.15, 0.2) is 0 Å². The summed E-state index contributed by atoms with van der Waals surface area (Å²) in [5.41, 5.74) is 11.1. The van der Waals surface area contributed by atoms with Crippen LogP contribution in [-0.2, 0) is 0 Å². The van der Waals surface area contributed by atoms with Crippen molar-refractivity contribution in [3.8, 4) is 44.6 Å². The van der Waals surface area contributed by atoms with E-state index in [1.54, 1.807) is 0 Å². The zero-order valence-electron chi connectivity index (χ0n) is 20.4. The summed E-state index contributed by atoms with van der Waals surface area (Å²) in [7, 11) is 0. The minimum absolute atomic E-state index is 0.943. The van der Waals surface area contributed by atoms with Crippen molar-refractivity contribution in [3.63, 3.8) is 0 Å². The summed E-state index contributed by atoms with van der Waals surface area (Å²) < 4.78 is 0. The van der Waals surface area contributed by atoms with Gasteiger partial charge in [-0.05, 0) is 64.2 Å². The van der Waals surface area contributed by atoms with E-state index in [0.717, 1.165) is 33.8 Å². The van der Waals surface area contributed by atoms with Crippen LogP contribution in [-0.4, -0.2) is 4.98 Å². The molecular weight excluding hydrogens is 448 g/mol. The van der Waals surface area contributed by atoms with Gasteiger partial charge < -0.3 is 5.32 Å². The number of hydrogen-bond acceptors (Lipinski definition) is 2. The molecule has 6 rings (SSSR count). The molecule has 0 fully saturated rings. The molecule has 0 saturated heterocycles. The van der Waals surface area contributed by atoms with E-state index in [1.807, 2.05) is 24.4 Å². The van der Waals surface area contributed by atoms with Gasteiger partial charge >= 0.3 is 0 Å². The Morgan fingerprint density at radius 2 is 0.973 bits per heavy atom. The SMILES string of the molecule is c1ccc(-c2cc(Nc3ccccc3-c3ccccc3)cc(-c3cc(-c4ccccc4)ccn3)c2)cc1. The Morgan fingerprint density at radius 3 is 1.68 bits per heavy atom. The van der Waals surface area contributed by atoms with Gasteiger partial charge in [0.25, 0.3) is 0 Å². The highest BCUT2D eigenvalue weighted by atomic mass is 14.9. The monoisotopic (exact) mass is 474 g/mol. The lowest BCUT2D eigenvalue weighted by Crippen LogP contribution is -1.95. The van der Waals surface area contributed by atoms with E-state index >= 15 is 0 Å². The molecule has 0 bridgehead atoms. The molecule has 176 valence electrons. The zero-order chi connectivity index (χ0) is 24.9. The Kier molecular flexibility index (Phi) is 6.30. The van der Waals surface area contributed by atoms with Crippen molar-refractivity contribution in [1.82, 2.24) is 4.98 Å². The van der Waals surface area contributed by atoms with Crippen molar-refractivity contribution in [1.29, 1.82) is 0 Å². The average molecular weight is 475 g/mol. The summed E-state index contributed by atoms with van der Waals surface area (Å²) in [4.78, 5) is 4.76. The van der Waals surface area contributed by atoms with Crippen LogP contribution >= 0.6 is 0 Å². The van der Waals surface area contributed by atoms with Gasteiger partial charge in [-0.3, -0.25) is 4.98 Å². The van der Waals surface area contributed by atoms with E-state index in [2.05, 4.69) is 133 Å². The molecule has 0 saturated carbocycles. The molecule has 6 aromatic rings. The molecule has 2 heteroatoms. The molecule has 0 amide bonds. The summed E-state index contributed by atoms with van der Waals surface area (Å²) in [5, 5.41) is 3.71. The standard InChI is InChI=1S/C35H26N2/c1-4-12-26(13-5-1)29-20-21-36-35(25-29)31-22-30(27-14-6-2-7-15-27)23-32(24-31)37-34-19-11-10-18-33(34)28-16-8-3-9-17-28/h1-25,37H. The number of pyridine rings is 1. The molecule has 0 aliphatic heterocycles. The molecule has 37 heavy (non-hydrogen) atoms. The Labute approximate surface area is 217 Å². The van der Waals surface area contributed by atoms with Crippen molar-refractivity contribution in [2.45, 2.75) is 0 Å². The number of benzene rings is 5. The second kappa shape index (κ2) is 10.3. The van der Waals surface area contributed by atoms with E-state index < -0.39 is 0 Å². The van der Waals surface area contributed by atoms with Crippen LogP contribution in [0.4, 0.5) is 11.4 Å². The maximum atomic E-state index is 4.76. The lowest BCUT2D eigenvalue weighted by atomic mass is 9.98. The van der Waals surface area contributed by atoms with E-state index in [9.17, 15) is 0 Å². The highest BCUT2D eigenvalue weighted by Gasteiger charge is 2.10. The van der Waals surface area contributed by atoms with Crippen LogP contribution in [0.2, 0.25) is 0 Å². The van der Waals surface area contributed by atoms with Crippen LogP contribution in [0.15, 0.2) is 152 Å². The minimum Gasteiger partial charge on any atom is -0.355 e. The molecule has 1 N–H and O–H groups in total. The fourth-order valence-electron chi connectivity index (χ4n) is 4.66. The summed E-state index contributed by atoms with van der Waals surface area (Å²) >= 11 is 0. The van der Waals surface area contributed by atoms with Crippen LogP contribution in [0.5, 0.6) is 0 Å². The first-order chi connectivity index (χ1) is 18.3. The van der Waals surface area contributed by atoms with Crippen LogP contribution in [0, 0.1) is 0 Å². The normalized spacial score (nSPS) is 10.7. The summed E-state index contributed by atoms with van der Waals surface area (Å²) in [6, 6.07) is 50.7. The minimum atomic E-state index is 0.943. The molecule has 0 radical (unpaired) electrons. The molecule has 1 heterocycles. The molecule has 2 nitrogen and oxygen atoms in total. The van der Waals surface area contributed by atoms with Gasteiger partial charge in [-0.1, -0.05) is 109 Å². The van der Waals surface area contributed by atoms with Crippen LogP contribution in [0.25, 0.3) is 44.6 Å². The molecule has 0 atom stereocenters. The topological polar surface area (TPSA) is 24.9 Å². The predicted octanol–water partition coefficient (Wildman–Crippen LogP) is 9.49. The van der Waals surface area contributed by atoms with Crippen LogP contribution in [0.1, 0.15) is 0 Å². The number of para-hydroxylation sites is 1. The third kappa shape index (κ3) is 5.05. The van der Waals surface area contributed by atoms with Crippen molar-refractivity contribution in [2.75, 3.05) is 5.32 Å². The largest absolute Gasteiger partial charge is 0.355 e. The smallest absolute Gasteiger partial charge is 0.0709 e. The molecule has 0 aliphatic rings. The first kappa shape index (κ1) is 22.5. The first-order valence-corrected chi connectivity index (χ1v) is 12.5. The molecular formula is C35H26N2. The molecule has 0 aliphatic carbocycles. The lowest BCUT2D eigenvalue weighted by molar-refractivity contribution is 1.32. The van der Waals surface area contributed by atoms with Gasteiger partial charge in [0.2, 0.25) is 0 Å². The lowest BCUT2D eigenvalue weighted by Gasteiger charge is -2.15. The van der Waals surface area contributed by atoms with E-state index in [-0.39, 0.29) is 0 Å². The maximum absolute atomic E-state index is 4.76. The highest BCUT2D eigenvalue weighted by Crippen LogP contribution is 2.35. The van der Waals surface area contributed by atoms with Gasteiger partial charge in [0.05, 0.1) is 5.69 Å². The summed E-state index contributed by atoms with van der Waals surface area (Å²) in [6.45, 7) is 0. The number of hydrogen-bond donors (Lipinski definition) is 1. The first-order valence-electron chi connectivity index (χ1n) is 12.5. The van der Waals surface area contributed by atoms with E-state index in [4.69, 9.17) is 4.98 Å². The van der Waals surface area contributed by atoms with E-state index in [0.29, 0.717) is 0 Å². The van der Waals surface area contributed by atoms with Crippen molar-refractivity contribution < 1.29 is 0 Å². The average Bonchev–Trinajstić information content (AvgIpc) is 2.99. The Morgan fingerprint density at radius 1 is 0.405 bits per heavy atom. The maximum Gasteiger partial charge on any atom is 0.0709 e. The quantitative estimate of drug-likeness (QED) is 0.260. The zero-order valence-corrected chi connectivity index (χ0v) is 20.4. The van der Waals surface area contributed by atoms with Crippen LogP contribution < -0.4 is 5.32 Å². The second-order valence-corrected chi connectivity index (χ2v) is 9.00. The Bertz CT molecular complexity index is 1630. The fourth-order valence-corrected chi connectivity index (χ4v) is 4.66. The predicted molar refractivity (Wildman–Crippen MR) is 156 cm³/mol. The summed E-state index contributed by atoms with van der Waals surface area (Å²) in [6.07, 6.45) is 1.89. The highest BCUT2D eigenvalue weighted by molar-refractivity contribution is 5.84. The third-order valence-corrected chi connectivity index (χ3v) is 6.49. The van der Waals surface area contributed by atoms with Gasteiger partial charge in [-0.25, -0.2) is 0 Å². The number of anilines is 2. The van der Waals surface area contributed by atoms with Gasteiger partial charge in [0.1, 0.15) is 0 Å². The van der Waals surface area contributed by atoms with Gasteiger partial charge in [-0.2, -0.15) is 0 Å². The van der Waals surface area contributed by atoms with Crippen molar-refractivity contribution in [3.05, 3.63) is 152 Å². The summed E-state index contributed by atoms with van der Waals surface area (Å²) in [5.74, 6) is 0. The van der Waals surface area contributed by atoms with Crippen LogP contribution in [0.3, 0.4) is 0 Å². The molecule has 1 aromatic heterocycles. The fraction of sp³-hybridized carbons (Fsp3) is 0. The molecule has 0 spiro atoms. The number of rotatable bonds is 6. The van der Waals surface area contributed by atoms with Gasteiger partial charge in [-0.15, -0.1) is 0 Å². The second-order valence-electron chi connectivity index (χ2n) is 9.00. The van der Waals surface area contributed by atoms with Crippen molar-refractivity contribution >= 4 is 11.4 Å². The number of nitrogens with zero attached hydrogens (tertiary/aromatic N) is 1. The number of aromatic nitrogens is 1. The third-order valence-electron chi connectivity index (χ3n) is 6.49. The molecule has 0 unspecified atom stereocenters. The van der Waals surface area contributed by atoms with Gasteiger partial charge in [0, 0.05) is 28.7 Å². The van der Waals surface area contributed by atoms with E-state index in [1.165, 1.54) is 22.3 Å². The molecule has 5 aromatic carbocycles. The number of nitrogens with one attached hydrogen (secondary N) is 1. The Hall–Kier alpha value is -4.95.